The number of methoxy groups -OCH3 is 1. The van der Waals surface area contributed by atoms with Crippen molar-refractivity contribution in [2.24, 2.45) is 0 Å². The topological polar surface area (TPSA) is 50.4 Å². The number of fused-ring (bicyclic) bond motifs is 1. The highest BCUT2D eigenvalue weighted by Crippen LogP contribution is 2.31. The maximum absolute atomic E-state index is 11.7. The zero-order valence-electron chi connectivity index (χ0n) is 9.54. The molecule has 0 aromatic heterocycles. The van der Waals surface area contributed by atoms with Gasteiger partial charge in [0.1, 0.15) is 11.8 Å². The van der Waals surface area contributed by atoms with E-state index in [9.17, 15) is 4.79 Å². The lowest BCUT2D eigenvalue weighted by Crippen LogP contribution is -2.38. The van der Waals surface area contributed by atoms with Gasteiger partial charge in [-0.3, -0.25) is 4.79 Å². The number of carbonyl (C=O) groups excluding carboxylic acids is 1. The third-order valence-electron chi connectivity index (χ3n) is 2.71. The summed E-state index contributed by atoms with van der Waals surface area (Å²) in [5.74, 6) is 0.831. The van der Waals surface area contributed by atoms with E-state index in [1.807, 2.05) is 18.2 Å². The van der Waals surface area contributed by atoms with Gasteiger partial charge in [0.05, 0.1) is 18.5 Å². The first-order chi connectivity index (χ1) is 7.74. The molecule has 0 bridgehead atoms. The van der Waals surface area contributed by atoms with E-state index in [1.165, 1.54) is 0 Å². The lowest BCUT2D eigenvalue weighted by Gasteiger charge is -2.26. The Morgan fingerprint density at radius 2 is 2.19 bits per heavy atom. The molecule has 0 aliphatic carbocycles. The van der Waals surface area contributed by atoms with E-state index in [0.29, 0.717) is 0 Å². The molecule has 1 aliphatic rings. The molecule has 1 aromatic rings. The number of amides is 1. The quantitative estimate of drug-likeness (QED) is 0.821. The van der Waals surface area contributed by atoms with Crippen LogP contribution in [0.25, 0.3) is 0 Å². The maximum Gasteiger partial charge on any atom is 0.246 e. The first kappa shape index (κ1) is 10.8. The molecule has 86 valence electrons. The Balaban J connectivity index is 2.25. The third-order valence-corrected chi connectivity index (χ3v) is 2.71. The van der Waals surface area contributed by atoms with Crippen LogP contribution in [-0.2, 0) is 4.79 Å². The van der Waals surface area contributed by atoms with Gasteiger partial charge in [0.15, 0.2) is 0 Å². The Labute approximate surface area is 95.0 Å². The summed E-state index contributed by atoms with van der Waals surface area (Å²) in [5, 5.41) is 6.12. The van der Waals surface area contributed by atoms with Crippen LogP contribution in [-0.4, -0.2) is 19.1 Å². The van der Waals surface area contributed by atoms with Gasteiger partial charge < -0.3 is 15.4 Å². The highest BCUT2D eigenvalue weighted by molar-refractivity contribution is 6.03. The van der Waals surface area contributed by atoms with Gasteiger partial charge in [0.25, 0.3) is 0 Å². The van der Waals surface area contributed by atoms with Gasteiger partial charge >= 0.3 is 0 Å². The molecule has 2 rings (SSSR count). The number of hydrogen-bond acceptors (Lipinski definition) is 3. The van der Waals surface area contributed by atoms with Crippen LogP contribution >= 0.6 is 0 Å². The van der Waals surface area contributed by atoms with Crippen LogP contribution in [0.3, 0.4) is 0 Å². The van der Waals surface area contributed by atoms with Gasteiger partial charge in [-0.2, -0.15) is 0 Å². The third kappa shape index (κ3) is 1.96. The molecule has 1 aromatic carbocycles. The van der Waals surface area contributed by atoms with E-state index in [-0.39, 0.29) is 11.9 Å². The molecule has 1 amide bonds. The van der Waals surface area contributed by atoms with Crippen LogP contribution in [0, 0.1) is 0 Å². The van der Waals surface area contributed by atoms with Gasteiger partial charge in [-0.1, -0.05) is 13.3 Å². The number of hydrogen-bond donors (Lipinski definition) is 2. The normalized spacial score (nSPS) is 18.4. The van der Waals surface area contributed by atoms with Gasteiger partial charge in [-0.25, -0.2) is 0 Å². The summed E-state index contributed by atoms with van der Waals surface area (Å²) in [4.78, 5) is 11.7. The number of carbonyl (C=O) groups is 1. The molecular formula is C12H16N2O2. The van der Waals surface area contributed by atoms with E-state index in [0.717, 1.165) is 30.0 Å². The van der Waals surface area contributed by atoms with Crippen LogP contribution in [0.4, 0.5) is 11.4 Å². The van der Waals surface area contributed by atoms with Crippen molar-refractivity contribution in [1.29, 1.82) is 0 Å². The van der Waals surface area contributed by atoms with Crippen molar-refractivity contribution >= 4 is 17.3 Å². The predicted molar refractivity (Wildman–Crippen MR) is 63.9 cm³/mol. The monoisotopic (exact) mass is 220 g/mol. The molecule has 4 nitrogen and oxygen atoms in total. The summed E-state index contributed by atoms with van der Waals surface area (Å²) in [6.45, 7) is 2.07. The van der Waals surface area contributed by atoms with Crippen LogP contribution in [0.2, 0.25) is 0 Å². The highest BCUT2D eigenvalue weighted by atomic mass is 16.5. The summed E-state index contributed by atoms with van der Waals surface area (Å²) in [6.07, 6.45) is 1.81. The summed E-state index contributed by atoms with van der Waals surface area (Å²) < 4.78 is 5.15. The molecule has 0 fully saturated rings. The van der Waals surface area contributed by atoms with Crippen LogP contribution < -0.4 is 15.4 Å². The zero-order chi connectivity index (χ0) is 11.5. The summed E-state index contributed by atoms with van der Waals surface area (Å²) in [5.41, 5.74) is 1.75. The van der Waals surface area contributed by atoms with Crippen LogP contribution in [0.15, 0.2) is 18.2 Å². The van der Waals surface area contributed by atoms with Gasteiger partial charge in [-0.15, -0.1) is 0 Å². The molecule has 16 heavy (non-hydrogen) atoms. The fourth-order valence-corrected chi connectivity index (χ4v) is 1.84. The molecule has 0 saturated heterocycles. The standard InChI is InChI=1S/C12H16N2O2/c1-3-4-10-12(15)14-9-6-5-8(16-2)7-11(9)13-10/h5-7,10,13H,3-4H2,1-2H3,(H,14,15). The van der Waals surface area contributed by atoms with E-state index < -0.39 is 0 Å². The van der Waals surface area contributed by atoms with Crippen molar-refractivity contribution in [3.8, 4) is 5.75 Å². The van der Waals surface area contributed by atoms with Crippen LogP contribution in [0.1, 0.15) is 19.8 Å². The molecule has 1 unspecified atom stereocenters. The second-order valence-electron chi connectivity index (χ2n) is 3.89. The summed E-state index contributed by atoms with van der Waals surface area (Å²) >= 11 is 0. The first-order valence-electron chi connectivity index (χ1n) is 5.50. The number of ether oxygens (including phenoxy) is 1. The predicted octanol–water partition coefficient (Wildman–Crippen LogP) is 2.23. The average molecular weight is 220 g/mol. The van der Waals surface area contributed by atoms with E-state index in [2.05, 4.69) is 17.6 Å². The molecular weight excluding hydrogens is 204 g/mol. The maximum atomic E-state index is 11.7. The minimum absolute atomic E-state index is 0.0412. The zero-order valence-corrected chi connectivity index (χ0v) is 9.54. The Morgan fingerprint density at radius 1 is 1.38 bits per heavy atom. The van der Waals surface area contributed by atoms with Gasteiger partial charge in [0, 0.05) is 6.07 Å². The largest absolute Gasteiger partial charge is 0.497 e. The fraction of sp³-hybridized carbons (Fsp3) is 0.417. The number of anilines is 2. The Bertz CT molecular complexity index is 404. The fourth-order valence-electron chi connectivity index (χ4n) is 1.84. The lowest BCUT2D eigenvalue weighted by atomic mass is 10.1. The van der Waals surface area contributed by atoms with Gasteiger partial charge in [-0.05, 0) is 18.6 Å². The number of rotatable bonds is 3. The summed E-state index contributed by atoms with van der Waals surface area (Å²) in [7, 11) is 1.63. The molecule has 4 heteroatoms. The highest BCUT2D eigenvalue weighted by Gasteiger charge is 2.24. The van der Waals surface area contributed by atoms with Crippen LogP contribution in [0.5, 0.6) is 5.75 Å². The van der Waals surface area contributed by atoms with E-state index in [4.69, 9.17) is 4.74 Å². The minimum atomic E-state index is -0.135. The Kier molecular flexibility index (Phi) is 2.99. The molecule has 0 saturated carbocycles. The van der Waals surface area contributed by atoms with Crippen molar-refractivity contribution in [2.75, 3.05) is 17.7 Å². The lowest BCUT2D eigenvalue weighted by molar-refractivity contribution is -0.117. The average Bonchev–Trinajstić information content (AvgIpc) is 2.30. The molecule has 0 spiro atoms. The van der Waals surface area contributed by atoms with Gasteiger partial charge in [0.2, 0.25) is 5.91 Å². The van der Waals surface area contributed by atoms with Crippen molar-refractivity contribution in [1.82, 2.24) is 0 Å². The van der Waals surface area contributed by atoms with E-state index >= 15 is 0 Å². The second kappa shape index (κ2) is 4.43. The number of benzene rings is 1. The first-order valence-corrected chi connectivity index (χ1v) is 5.50. The smallest absolute Gasteiger partial charge is 0.246 e. The molecule has 0 radical (unpaired) electrons. The minimum Gasteiger partial charge on any atom is -0.497 e. The molecule has 2 N–H and O–H groups in total. The van der Waals surface area contributed by atoms with Crippen molar-refractivity contribution in [2.45, 2.75) is 25.8 Å². The van der Waals surface area contributed by atoms with Crippen molar-refractivity contribution in [3.63, 3.8) is 0 Å². The Hall–Kier alpha value is -1.71. The molecule has 1 atom stereocenters. The van der Waals surface area contributed by atoms with Crippen molar-refractivity contribution < 1.29 is 9.53 Å². The van der Waals surface area contributed by atoms with E-state index in [1.54, 1.807) is 7.11 Å². The second-order valence-corrected chi connectivity index (χ2v) is 3.89. The van der Waals surface area contributed by atoms with Crippen molar-refractivity contribution in [3.05, 3.63) is 18.2 Å². The molecule has 1 aliphatic heterocycles. The number of nitrogens with one attached hydrogen (secondary N) is 2. The SMILES string of the molecule is CCCC1Nc2cc(OC)ccc2NC1=O. The summed E-state index contributed by atoms with van der Waals surface area (Å²) in [6, 6.07) is 5.45. The Morgan fingerprint density at radius 3 is 2.88 bits per heavy atom. The molecule has 1 heterocycles.